The summed E-state index contributed by atoms with van der Waals surface area (Å²) in [4.78, 5) is 13.2. The summed E-state index contributed by atoms with van der Waals surface area (Å²) in [6.45, 7) is 6.48. The van der Waals surface area contributed by atoms with Crippen molar-refractivity contribution in [3.05, 3.63) is 23.0 Å². The number of rotatable bonds is 5. The largest absolute Gasteiger partial charge is 0.461 e. The Hall–Kier alpha value is -2.29. The van der Waals surface area contributed by atoms with Gasteiger partial charge in [0.2, 0.25) is 0 Å². The maximum Gasteiger partial charge on any atom is 0.358 e. The van der Waals surface area contributed by atoms with E-state index in [4.69, 9.17) is 10.00 Å². The molecule has 1 heterocycles. The minimum Gasteiger partial charge on any atom is -0.461 e. The molecule has 0 aliphatic carbocycles. The van der Waals surface area contributed by atoms with Crippen LogP contribution in [0.2, 0.25) is 0 Å². The summed E-state index contributed by atoms with van der Waals surface area (Å²) in [6, 6.07) is 1.70. The molecule has 0 amide bonds. The van der Waals surface area contributed by atoms with Gasteiger partial charge in [-0.2, -0.15) is 10.4 Å². The highest BCUT2D eigenvalue weighted by atomic mass is 16.5. The predicted molar refractivity (Wildman–Crippen MR) is 75.7 cm³/mol. The van der Waals surface area contributed by atoms with E-state index in [0.717, 1.165) is 16.8 Å². The van der Waals surface area contributed by atoms with Crippen LogP contribution in [0.25, 0.3) is 5.57 Å². The lowest BCUT2D eigenvalue weighted by atomic mass is 10.1. The van der Waals surface area contributed by atoms with E-state index in [1.165, 1.54) is 4.90 Å². The molecule has 0 aliphatic heterocycles. The molecule has 0 atom stereocenters. The van der Waals surface area contributed by atoms with E-state index in [-0.39, 0.29) is 5.69 Å². The molecule has 0 aliphatic rings. The molecule has 1 aromatic heterocycles. The molecule has 0 saturated heterocycles. The SMILES string of the molecule is CCOC(=O)c1cc(C(CN(C)C#N)=C(C)C)n(C)n1. The molecule has 0 saturated carbocycles. The Kier molecular flexibility index (Phi) is 5.32. The Morgan fingerprint density at radius 3 is 2.70 bits per heavy atom. The lowest BCUT2D eigenvalue weighted by Gasteiger charge is -2.14. The fraction of sp³-hybridized carbons (Fsp3) is 0.500. The fourth-order valence-corrected chi connectivity index (χ4v) is 1.82. The first-order valence-electron chi connectivity index (χ1n) is 6.39. The van der Waals surface area contributed by atoms with Gasteiger partial charge in [0.05, 0.1) is 18.8 Å². The number of nitrogens with zero attached hydrogens (tertiary/aromatic N) is 4. The number of esters is 1. The minimum absolute atomic E-state index is 0.280. The van der Waals surface area contributed by atoms with E-state index in [9.17, 15) is 4.79 Å². The molecule has 1 rings (SSSR count). The van der Waals surface area contributed by atoms with Gasteiger partial charge in [-0.15, -0.1) is 0 Å². The van der Waals surface area contributed by atoms with Crippen molar-refractivity contribution < 1.29 is 9.53 Å². The molecule has 0 unspecified atom stereocenters. The average Bonchev–Trinajstić information content (AvgIpc) is 2.77. The molecule has 20 heavy (non-hydrogen) atoms. The Balaban J connectivity index is 3.14. The van der Waals surface area contributed by atoms with Crippen LogP contribution < -0.4 is 0 Å². The Labute approximate surface area is 119 Å². The van der Waals surface area contributed by atoms with E-state index >= 15 is 0 Å². The van der Waals surface area contributed by atoms with Crippen LogP contribution in [0.5, 0.6) is 0 Å². The number of ether oxygens (including phenoxy) is 1. The summed E-state index contributed by atoms with van der Waals surface area (Å²) in [5, 5.41) is 13.1. The zero-order valence-electron chi connectivity index (χ0n) is 12.6. The Morgan fingerprint density at radius 2 is 2.20 bits per heavy atom. The standard InChI is InChI=1S/C14H20N4O2/c1-6-20-14(19)12-7-13(18(5)16-12)11(10(2)3)8-17(4)9-15/h7H,6,8H2,1-5H3. The Bertz CT molecular complexity index is 562. The van der Waals surface area contributed by atoms with E-state index in [1.54, 1.807) is 31.8 Å². The van der Waals surface area contributed by atoms with Crippen LogP contribution >= 0.6 is 0 Å². The molecule has 0 N–H and O–H groups in total. The van der Waals surface area contributed by atoms with Gasteiger partial charge in [-0.25, -0.2) is 4.79 Å². The number of carbonyl (C=O) groups excluding carboxylic acids is 1. The van der Waals surface area contributed by atoms with Gasteiger partial charge in [-0.05, 0) is 32.4 Å². The first-order valence-corrected chi connectivity index (χ1v) is 6.39. The molecule has 1 aromatic rings. The second-order valence-electron chi connectivity index (χ2n) is 4.69. The molecule has 0 aromatic carbocycles. The summed E-state index contributed by atoms with van der Waals surface area (Å²) >= 11 is 0. The summed E-state index contributed by atoms with van der Waals surface area (Å²) < 4.78 is 6.58. The predicted octanol–water partition coefficient (Wildman–Crippen LogP) is 1.80. The first kappa shape index (κ1) is 15.8. The summed E-state index contributed by atoms with van der Waals surface area (Å²) in [5.41, 5.74) is 3.14. The van der Waals surface area contributed by atoms with Crippen LogP contribution in [0.1, 0.15) is 37.0 Å². The summed E-state index contributed by atoms with van der Waals surface area (Å²) in [7, 11) is 3.49. The van der Waals surface area contributed by atoms with E-state index in [1.807, 2.05) is 13.8 Å². The molecule has 0 spiro atoms. The van der Waals surface area contributed by atoms with Crippen LogP contribution in [-0.4, -0.2) is 40.8 Å². The molecule has 0 radical (unpaired) electrons. The second kappa shape index (κ2) is 6.75. The summed E-state index contributed by atoms with van der Waals surface area (Å²) in [5.74, 6) is -0.434. The normalized spacial score (nSPS) is 9.80. The lowest BCUT2D eigenvalue weighted by Crippen LogP contribution is -2.16. The molecule has 0 fully saturated rings. The number of aryl methyl sites for hydroxylation is 1. The number of allylic oxidation sites excluding steroid dienone is 1. The van der Waals surface area contributed by atoms with Gasteiger partial charge in [-0.1, -0.05) is 5.57 Å². The molecular formula is C14H20N4O2. The number of hydrogen-bond donors (Lipinski definition) is 0. The highest BCUT2D eigenvalue weighted by Crippen LogP contribution is 2.20. The highest BCUT2D eigenvalue weighted by Gasteiger charge is 2.17. The number of aromatic nitrogens is 2. The van der Waals surface area contributed by atoms with E-state index < -0.39 is 5.97 Å². The van der Waals surface area contributed by atoms with Gasteiger partial charge >= 0.3 is 5.97 Å². The van der Waals surface area contributed by atoms with Gasteiger partial charge in [-0.3, -0.25) is 4.68 Å². The van der Waals surface area contributed by atoms with Crippen molar-refractivity contribution in [3.63, 3.8) is 0 Å². The van der Waals surface area contributed by atoms with Crippen LogP contribution in [0.15, 0.2) is 11.6 Å². The maximum atomic E-state index is 11.7. The van der Waals surface area contributed by atoms with Crippen molar-refractivity contribution in [3.8, 4) is 6.19 Å². The van der Waals surface area contributed by atoms with Crippen LogP contribution in [0.3, 0.4) is 0 Å². The molecule has 6 heteroatoms. The zero-order valence-corrected chi connectivity index (χ0v) is 12.6. The number of carbonyl (C=O) groups is 1. The van der Waals surface area contributed by atoms with Crippen molar-refractivity contribution in [1.82, 2.24) is 14.7 Å². The fourth-order valence-electron chi connectivity index (χ4n) is 1.82. The highest BCUT2D eigenvalue weighted by molar-refractivity contribution is 5.88. The molecule has 0 bridgehead atoms. The van der Waals surface area contributed by atoms with E-state index in [2.05, 4.69) is 11.3 Å². The second-order valence-corrected chi connectivity index (χ2v) is 4.69. The average molecular weight is 276 g/mol. The third-order valence-corrected chi connectivity index (χ3v) is 2.84. The lowest BCUT2D eigenvalue weighted by molar-refractivity contribution is 0.0518. The van der Waals surface area contributed by atoms with Crippen LogP contribution in [-0.2, 0) is 11.8 Å². The van der Waals surface area contributed by atoms with Crippen molar-refractivity contribution in [2.24, 2.45) is 7.05 Å². The van der Waals surface area contributed by atoms with Gasteiger partial charge in [0.1, 0.15) is 0 Å². The smallest absolute Gasteiger partial charge is 0.358 e. The number of hydrogen-bond acceptors (Lipinski definition) is 5. The third kappa shape index (κ3) is 3.60. The minimum atomic E-state index is -0.434. The van der Waals surface area contributed by atoms with Gasteiger partial charge < -0.3 is 9.64 Å². The van der Waals surface area contributed by atoms with Crippen molar-refractivity contribution in [1.29, 1.82) is 5.26 Å². The number of likely N-dealkylation sites (N-methyl/N-ethyl adjacent to an activating group) is 1. The topological polar surface area (TPSA) is 71.2 Å². The van der Waals surface area contributed by atoms with Gasteiger partial charge in [0, 0.05) is 14.1 Å². The maximum absolute atomic E-state index is 11.7. The first-order chi connectivity index (χ1) is 9.40. The quantitative estimate of drug-likeness (QED) is 0.466. The van der Waals surface area contributed by atoms with Crippen molar-refractivity contribution in [2.45, 2.75) is 20.8 Å². The van der Waals surface area contributed by atoms with Gasteiger partial charge in [0.15, 0.2) is 11.9 Å². The molecule has 108 valence electrons. The number of nitriles is 1. The van der Waals surface area contributed by atoms with Gasteiger partial charge in [0.25, 0.3) is 0 Å². The van der Waals surface area contributed by atoms with Crippen molar-refractivity contribution >= 4 is 11.5 Å². The molecular weight excluding hydrogens is 256 g/mol. The molecule has 6 nitrogen and oxygen atoms in total. The zero-order chi connectivity index (χ0) is 15.3. The monoisotopic (exact) mass is 276 g/mol. The van der Waals surface area contributed by atoms with Crippen LogP contribution in [0.4, 0.5) is 0 Å². The van der Waals surface area contributed by atoms with Crippen molar-refractivity contribution in [2.75, 3.05) is 20.2 Å². The van der Waals surface area contributed by atoms with Crippen LogP contribution in [0, 0.1) is 11.5 Å². The van der Waals surface area contributed by atoms with E-state index in [0.29, 0.717) is 13.2 Å². The summed E-state index contributed by atoms with van der Waals surface area (Å²) in [6.07, 6.45) is 2.07. The Morgan fingerprint density at radius 1 is 1.55 bits per heavy atom. The third-order valence-electron chi connectivity index (χ3n) is 2.84.